The number of nitrogens with one attached hydrogen (secondary N) is 1. The van der Waals surface area contributed by atoms with Gasteiger partial charge in [-0.05, 0) is 12.1 Å². The van der Waals surface area contributed by atoms with Crippen molar-refractivity contribution in [1.82, 2.24) is 0 Å². The first kappa shape index (κ1) is 7.88. The Balaban J connectivity index is 3.01. The standard InChI is InChI=1S/C7H6ClNO2/c8-6-2-1-5(11)3-7(6)9-4-10/h1-4,11H,(H,9,10). The van der Waals surface area contributed by atoms with E-state index in [1.807, 2.05) is 0 Å². The summed E-state index contributed by atoms with van der Waals surface area (Å²) >= 11 is 5.64. The molecule has 0 saturated carbocycles. The first-order valence-corrected chi connectivity index (χ1v) is 3.30. The molecule has 0 unspecified atom stereocenters. The van der Waals surface area contributed by atoms with Crippen LogP contribution in [0.15, 0.2) is 18.2 Å². The van der Waals surface area contributed by atoms with Gasteiger partial charge in [-0.1, -0.05) is 11.6 Å². The second-order valence-corrected chi connectivity index (χ2v) is 2.33. The third kappa shape index (κ3) is 1.85. The van der Waals surface area contributed by atoms with Gasteiger partial charge in [-0.3, -0.25) is 4.79 Å². The lowest BCUT2D eigenvalue weighted by Gasteiger charge is -2.01. The number of aromatic hydroxyl groups is 1. The number of halogens is 1. The minimum atomic E-state index is 0.0683. The number of benzene rings is 1. The number of amides is 1. The van der Waals surface area contributed by atoms with Crippen molar-refractivity contribution >= 4 is 23.7 Å². The number of hydrogen-bond acceptors (Lipinski definition) is 2. The number of rotatable bonds is 2. The van der Waals surface area contributed by atoms with Crippen LogP contribution in [0.2, 0.25) is 5.02 Å². The van der Waals surface area contributed by atoms with Crippen LogP contribution >= 0.6 is 11.6 Å². The normalized spacial score (nSPS) is 9.18. The predicted molar refractivity (Wildman–Crippen MR) is 42.8 cm³/mol. The molecule has 0 atom stereocenters. The van der Waals surface area contributed by atoms with Crippen LogP contribution in [0.3, 0.4) is 0 Å². The van der Waals surface area contributed by atoms with Crippen molar-refractivity contribution in [2.24, 2.45) is 0 Å². The van der Waals surface area contributed by atoms with E-state index in [0.717, 1.165) is 0 Å². The lowest BCUT2D eigenvalue weighted by atomic mass is 10.3. The summed E-state index contributed by atoms with van der Waals surface area (Å²) in [6, 6.07) is 4.32. The molecule has 1 aromatic carbocycles. The highest BCUT2D eigenvalue weighted by molar-refractivity contribution is 6.33. The number of phenols is 1. The second kappa shape index (κ2) is 3.25. The Bertz CT molecular complexity index is 275. The van der Waals surface area contributed by atoms with Crippen molar-refractivity contribution in [3.63, 3.8) is 0 Å². The average molecular weight is 172 g/mol. The van der Waals surface area contributed by atoms with Crippen LogP contribution < -0.4 is 5.32 Å². The number of anilines is 1. The molecule has 0 heterocycles. The van der Waals surface area contributed by atoms with E-state index >= 15 is 0 Å². The Kier molecular flexibility index (Phi) is 2.33. The highest BCUT2D eigenvalue weighted by atomic mass is 35.5. The van der Waals surface area contributed by atoms with Gasteiger partial charge in [-0.2, -0.15) is 0 Å². The fourth-order valence-corrected chi connectivity index (χ4v) is 0.859. The molecule has 2 N–H and O–H groups in total. The summed E-state index contributed by atoms with van der Waals surface area (Å²) in [6.07, 6.45) is 0.501. The van der Waals surface area contributed by atoms with Crippen LogP contribution in [-0.2, 0) is 4.79 Å². The molecule has 1 rings (SSSR count). The zero-order chi connectivity index (χ0) is 8.27. The summed E-state index contributed by atoms with van der Waals surface area (Å²) in [6.45, 7) is 0. The lowest BCUT2D eigenvalue weighted by Crippen LogP contribution is -1.93. The Labute approximate surface area is 68.6 Å². The maximum absolute atomic E-state index is 9.99. The van der Waals surface area contributed by atoms with Crippen LogP contribution in [0.1, 0.15) is 0 Å². The molecule has 0 fully saturated rings. The minimum absolute atomic E-state index is 0.0683. The molecule has 0 aliphatic heterocycles. The molecule has 0 aromatic heterocycles. The Morgan fingerprint density at radius 1 is 1.55 bits per heavy atom. The quantitative estimate of drug-likeness (QED) is 0.665. The third-order valence-electron chi connectivity index (χ3n) is 1.16. The van der Waals surface area contributed by atoms with Gasteiger partial charge in [-0.15, -0.1) is 0 Å². The van der Waals surface area contributed by atoms with Crippen molar-refractivity contribution in [3.05, 3.63) is 23.2 Å². The van der Waals surface area contributed by atoms with E-state index in [4.69, 9.17) is 16.7 Å². The van der Waals surface area contributed by atoms with E-state index in [1.165, 1.54) is 18.2 Å². The molecule has 0 saturated heterocycles. The highest BCUT2D eigenvalue weighted by Crippen LogP contribution is 2.25. The maximum atomic E-state index is 9.99. The summed E-state index contributed by atoms with van der Waals surface area (Å²) in [5.41, 5.74) is 0.404. The largest absolute Gasteiger partial charge is 0.508 e. The van der Waals surface area contributed by atoms with Crippen LogP contribution in [0.25, 0.3) is 0 Å². The molecule has 0 bridgehead atoms. The molecule has 11 heavy (non-hydrogen) atoms. The molecule has 58 valence electrons. The molecule has 0 radical (unpaired) electrons. The van der Waals surface area contributed by atoms with Gasteiger partial charge in [0.15, 0.2) is 0 Å². The van der Waals surface area contributed by atoms with E-state index in [-0.39, 0.29) is 5.75 Å². The average Bonchev–Trinajstić information content (AvgIpc) is 1.98. The van der Waals surface area contributed by atoms with E-state index in [0.29, 0.717) is 17.1 Å². The number of hydrogen-bond donors (Lipinski definition) is 2. The van der Waals surface area contributed by atoms with Gasteiger partial charge in [0.2, 0.25) is 6.41 Å². The molecular weight excluding hydrogens is 166 g/mol. The second-order valence-electron chi connectivity index (χ2n) is 1.93. The molecule has 0 spiro atoms. The van der Waals surface area contributed by atoms with Crippen LogP contribution in [0.4, 0.5) is 5.69 Å². The number of carbonyl (C=O) groups is 1. The number of phenolic OH excluding ortho intramolecular Hbond substituents is 1. The van der Waals surface area contributed by atoms with Gasteiger partial charge >= 0.3 is 0 Å². The fraction of sp³-hybridized carbons (Fsp3) is 0. The van der Waals surface area contributed by atoms with Gasteiger partial charge in [0.05, 0.1) is 10.7 Å². The molecular formula is C7H6ClNO2. The van der Waals surface area contributed by atoms with Gasteiger partial charge in [0, 0.05) is 6.07 Å². The summed E-state index contributed by atoms with van der Waals surface area (Å²) in [5.74, 6) is 0.0683. The summed E-state index contributed by atoms with van der Waals surface area (Å²) in [4.78, 5) is 9.99. The molecule has 4 heteroatoms. The maximum Gasteiger partial charge on any atom is 0.211 e. The van der Waals surface area contributed by atoms with E-state index in [1.54, 1.807) is 0 Å². The minimum Gasteiger partial charge on any atom is -0.508 e. The summed E-state index contributed by atoms with van der Waals surface area (Å²) in [7, 11) is 0. The molecule has 0 aliphatic carbocycles. The monoisotopic (exact) mass is 171 g/mol. The van der Waals surface area contributed by atoms with E-state index < -0.39 is 0 Å². The zero-order valence-corrected chi connectivity index (χ0v) is 6.30. The van der Waals surface area contributed by atoms with Crippen molar-refractivity contribution in [2.75, 3.05) is 5.32 Å². The molecule has 3 nitrogen and oxygen atoms in total. The first-order valence-electron chi connectivity index (χ1n) is 2.93. The molecule has 1 amide bonds. The molecule has 1 aromatic rings. The smallest absolute Gasteiger partial charge is 0.211 e. The van der Waals surface area contributed by atoms with Crippen molar-refractivity contribution in [2.45, 2.75) is 0 Å². The van der Waals surface area contributed by atoms with Crippen LogP contribution in [0, 0.1) is 0 Å². The van der Waals surface area contributed by atoms with Crippen molar-refractivity contribution in [3.8, 4) is 5.75 Å². The van der Waals surface area contributed by atoms with Crippen molar-refractivity contribution in [1.29, 1.82) is 0 Å². The van der Waals surface area contributed by atoms with Crippen LogP contribution in [-0.4, -0.2) is 11.5 Å². The van der Waals surface area contributed by atoms with Gasteiger partial charge in [0.25, 0.3) is 0 Å². The fourth-order valence-electron chi connectivity index (χ4n) is 0.687. The predicted octanol–water partition coefficient (Wildman–Crippen LogP) is 1.61. The Hall–Kier alpha value is -1.22. The summed E-state index contributed by atoms with van der Waals surface area (Å²) in [5, 5.41) is 11.7. The Morgan fingerprint density at radius 2 is 2.27 bits per heavy atom. The zero-order valence-electron chi connectivity index (χ0n) is 5.54. The lowest BCUT2D eigenvalue weighted by molar-refractivity contribution is -0.105. The van der Waals surface area contributed by atoms with Crippen molar-refractivity contribution < 1.29 is 9.90 Å². The Morgan fingerprint density at radius 3 is 2.91 bits per heavy atom. The van der Waals surface area contributed by atoms with Gasteiger partial charge in [-0.25, -0.2) is 0 Å². The van der Waals surface area contributed by atoms with E-state index in [2.05, 4.69) is 5.32 Å². The number of carbonyl (C=O) groups excluding carboxylic acids is 1. The molecule has 0 aliphatic rings. The summed E-state index contributed by atoms with van der Waals surface area (Å²) < 4.78 is 0. The topological polar surface area (TPSA) is 49.3 Å². The third-order valence-corrected chi connectivity index (χ3v) is 1.49. The highest BCUT2D eigenvalue weighted by Gasteiger charge is 1.98. The van der Waals surface area contributed by atoms with Gasteiger partial charge in [0.1, 0.15) is 5.75 Å². The first-order chi connectivity index (χ1) is 5.24. The van der Waals surface area contributed by atoms with E-state index in [9.17, 15) is 4.79 Å². The van der Waals surface area contributed by atoms with Gasteiger partial charge < -0.3 is 10.4 Å². The van der Waals surface area contributed by atoms with Crippen LogP contribution in [0.5, 0.6) is 5.75 Å². The SMILES string of the molecule is O=CNc1cc(O)ccc1Cl.